The molecule has 1 aliphatic rings. The number of ether oxygens (including phenoxy) is 1. The van der Waals surface area contributed by atoms with Crippen molar-refractivity contribution in [3.63, 3.8) is 0 Å². The first-order valence-corrected chi connectivity index (χ1v) is 8.98. The zero-order valence-corrected chi connectivity index (χ0v) is 14.5. The van der Waals surface area contributed by atoms with Gasteiger partial charge in [-0.15, -0.1) is 10.2 Å². The van der Waals surface area contributed by atoms with Crippen LogP contribution in [0.4, 0.5) is 0 Å². The molecule has 0 bridgehead atoms. The number of sulfone groups is 1. The van der Waals surface area contributed by atoms with Gasteiger partial charge in [-0.2, -0.15) is 0 Å². The highest BCUT2D eigenvalue weighted by Gasteiger charge is 2.28. The van der Waals surface area contributed by atoms with Crippen molar-refractivity contribution in [1.29, 1.82) is 0 Å². The minimum Gasteiger partial charge on any atom is -0.490 e. The van der Waals surface area contributed by atoms with Crippen molar-refractivity contribution in [2.45, 2.75) is 23.9 Å². The Bertz CT molecular complexity index is 796. The molecule has 0 aliphatic carbocycles. The molecule has 0 N–H and O–H groups in total. The number of nitrogens with zero attached hydrogens (tertiary/aromatic N) is 4. The Balaban J connectivity index is 2.31. The average Bonchev–Trinajstić information content (AvgIpc) is 2.85. The van der Waals surface area contributed by atoms with E-state index < -0.39 is 20.7 Å². The first kappa shape index (κ1) is 17.8. The van der Waals surface area contributed by atoms with Gasteiger partial charge in [0.15, 0.2) is 21.2 Å². The van der Waals surface area contributed by atoms with Crippen molar-refractivity contribution in [1.82, 2.24) is 0 Å². The van der Waals surface area contributed by atoms with Crippen LogP contribution in [0.5, 0.6) is 5.75 Å². The Morgan fingerprint density at radius 3 is 2.43 bits per heavy atom. The summed E-state index contributed by atoms with van der Waals surface area (Å²) in [5, 5.41) is 13.5. The van der Waals surface area contributed by atoms with E-state index in [4.69, 9.17) is 27.9 Å². The molecule has 0 radical (unpaired) electrons. The topological polar surface area (TPSA) is 110 Å². The molecule has 0 fully saturated rings. The van der Waals surface area contributed by atoms with Crippen LogP contribution in [0, 0.1) is 0 Å². The summed E-state index contributed by atoms with van der Waals surface area (Å²) < 4.78 is 29.2. The molecule has 0 amide bonds. The van der Waals surface area contributed by atoms with Crippen molar-refractivity contribution in [2.24, 2.45) is 20.7 Å². The maximum absolute atomic E-state index is 11.8. The Labute approximate surface area is 142 Å². The van der Waals surface area contributed by atoms with E-state index in [2.05, 4.69) is 20.7 Å². The molecule has 0 saturated heterocycles. The maximum atomic E-state index is 11.8. The second-order valence-electron chi connectivity index (χ2n) is 4.99. The minimum absolute atomic E-state index is 0.0384. The molecule has 23 heavy (non-hydrogen) atoms. The van der Waals surface area contributed by atoms with Gasteiger partial charge in [0.05, 0.1) is 17.2 Å². The Hall–Kier alpha value is -1.58. The molecule has 1 aliphatic heterocycles. The van der Waals surface area contributed by atoms with E-state index in [0.717, 1.165) is 6.26 Å². The molecular weight excluding hydrogens is 367 g/mol. The van der Waals surface area contributed by atoms with Gasteiger partial charge < -0.3 is 4.74 Å². The molecule has 8 nitrogen and oxygen atoms in total. The number of hydrogen-bond donors (Lipinski definition) is 0. The lowest BCUT2D eigenvalue weighted by atomic mass is 10.1. The van der Waals surface area contributed by atoms with Crippen LogP contribution in [-0.4, -0.2) is 32.2 Å². The second kappa shape index (κ2) is 6.50. The van der Waals surface area contributed by atoms with Gasteiger partial charge >= 0.3 is 0 Å². The molecule has 0 unspecified atom stereocenters. The van der Waals surface area contributed by atoms with Crippen LogP contribution in [0.25, 0.3) is 0 Å². The highest BCUT2D eigenvalue weighted by atomic mass is 35.5. The minimum atomic E-state index is -3.61. The third-order valence-electron chi connectivity index (χ3n) is 3.05. The summed E-state index contributed by atoms with van der Waals surface area (Å²) >= 11 is 11.5. The molecule has 0 aromatic heterocycles. The van der Waals surface area contributed by atoms with Crippen molar-refractivity contribution >= 4 is 38.3 Å². The van der Waals surface area contributed by atoms with Crippen molar-refractivity contribution < 1.29 is 17.9 Å². The van der Waals surface area contributed by atoms with E-state index >= 15 is 0 Å². The fourth-order valence-corrected chi connectivity index (χ4v) is 3.20. The van der Waals surface area contributed by atoms with Gasteiger partial charge in [-0.1, -0.05) is 11.6 Å². The normalized spacial score (nSPS) is 15.8. The number of carbonyl (C=O) groups is 1. The lowest BCUT2D eigenvalue weighted by Crippen LogP contribution is -2.20. The molecule has 124 valence electrons. The molecule has 1 heterocycles. The van der Waals surface area contributed by atoms with Crippen LogP contribution >= 0.6 is 23.2 Å². The standard InChI is InChI=1S/C12H12Cl2N4O4S/c1-12(15-17-18-16-12)5-6-22-10-8(23(2,20)21)4-3-7(9(10)13)11(14)19/h3-4H,5-6H2,1-2H3. The van der Waals surface area contributed by atoms with Crippen LogP contribution in [0.3, 0.4) is 0 Å². The van der Waals surface area contributed by atoms with Gasteiger partial charge in [0, 0.05) is 12.7 Å². The van der Waals surface area contributed by atoms with E-state index in [-0.39, 0.29) is 27.8 Å². The smallest absolute Gasteiger partial charge is 0.254 e. The van der Waals surface area contributed by atoms with Crippen LogP contribution < -0.4 is 4.74 Å². The summed E-state index contributed by atoms with van der Waals surface area (Å²) in [5.41, 5.74) is -0.903. The predicted octanol–water partition coefficient (Wildman–Crippen LogP) is 3.44. The third kappa shape index (κ3) is 4.04. The van der Waals surface area contributed by atoms with E-state index in [9.17, 15) is 13.2 Å². The van der Waals surface area contributed by atoms with Crippen molar-refractivity contribution in [3.05, 3.63) is 22.7 Å². The van der Waals surface area contributed by atoms with Gasteiger partial charge in [0.2, 0.25) is 0 Å². The maximum Gasteiger partial charge on any atom is 0.254 e. The first-order valence-electron chi connectivity index (χ1n) is 6.33. The summed E-state index contributed by atoms with van der Waals surface area (Å²) in [6.07, 6.45) is 1.30. The van der Waals surface area contributed by atoms with Crippen molar-refractivity contribution in [2.75, 3.05) is 12.9 Å². The number of carbonyl (C=O) groups excluding carboxylic acids is 1. The quantitative estimate of drug-likeness (QED) is 0.705. The third-order valence-corrected chi connectivity index (χ3v) is 4.75. The largest absolute Gasteiger partial charge is 0.490 e. The molecule has 1 aromatic carbocycles. The van der Waals surface area contributed by atoms with Crippen LogP contribution in [0.2, 0.25) is 5.02 Å². The van der Waals surface area contributed by atoms with Crippen LogP contribution in [0.15, 0.2) is 37.7 Å². The first-order chi connectivity index (χ1) is 10.6. The summed E-state index contributed by atoms with van der Waals surface area (Å²) in [5.74, 6) is -0.129. The SMILES string of the molecule is CC1(CCOc2c(S(C)(=O)=O)ccc(C(=O)Cl)c2Cl)N=NN=N1. The molecule has 2 rings (SSSR count). The predicted molar refractivity (Wildman–Crippen MR) is 83.0 cm³/mol. The number of hydrogen-bond acceptors (Lipinski definition) is 8. The average molecular weight is 379 g/mol. The van der Waals surface area contributed by atoms with Gasteiger partial charge in [-0.3, -0.25) is 4.79 Å². The van der Waals surface area contributed by atoms with E-state index in [1.807, 2.05) is 0 Å². The molecule has 0 saturated carbocycles. The molecule has 0 atom stereocenters. The fourth-order valence-electron chi connectivity index (χ4n) is 1.82. The zero-order valence-electron chi connectivity index (χ0n) is 12.2. The van der Waals surface area contributed by atoms with Crippen LogP contribution in [0.1, 0.15) is 23.7 Å². The second-order valence-corrected chi connectivity index (χ2v) is 7.70. The van der Waals surface area contributed by atoms with Gasteiger partial charge in [-0.05, 0) is 41.1 Å². The van der Waals surface area contributed by atoms with Gasteiger partial charge in [0.1, 0.15) is 4.90 Å². The molecule has 1 aromatic rings. The Morgan fingerprint density at radius 2 is 1.91 bits per heavy atom. The van der Waals surface area contributed by atoms with Gasteiger partial charge in [-0.25, -0.2) is 8.42 Å². The van der Waals surface area contributed by atoms with Crippen molar-refractivity contribution in [3.8, 4) is 5.75 Å². The van der Waals surface area contributed by atoms with E-state index in [1.54, 1.807) is 6.92 Å². The molecule has 11 heteroatoms. The fraction of sp³-hybridized carbons (Fsp3) is 0.417. The summed E-state index contributed by atoms with van der Waals surface area (Å²) in [7, 11) is -3.61. The van der Waals surface area contributed by atoms with E-state index in [0.29, 0.717) is 6.42 Å². The monoisotopic (exact) mass is 378 g/mol. The Morgan fingerprint density at radius 1 is 1.30 bits per heavy atom. The van der Waals surface area contributed by atoms with Gasteiger partial charge in [0.25, 0.3) is 5.24 Å². The highest BCUT2D eigenvalue weighted by molar-refractivity contribution is 7.90. The Kier molecular flexibility index (Phi) is 5.02. The summed E-state index contributed by atoms with van der Waals surface area (Å²) in [6.45, 7) is 1.73. The van der Waals surface area contributed by atoms with Crippen LogP contribution in [-0.2, 0) is 9.84 Å². The summed E-state index contributed by atoms with van der Waals surface area (Å²) in [4.78, 5) is 11.2. The van der Waals surface area contributed by atoms with E-state index in [1.165, 1.54) is 12.1 Å². The zero-order chi connectivity index (χ0) is 17.3. The number of benzene rings is 1. The highest BCUT2D eigenvalue weighted by Crippen LogP contribution is 2.36. The lowest BCUT2D eigenvalue weighted by Gasteiger charge is -2.17. The molecule has 0 spiro atoms. The lowest BCUT2D eigenvalue weighted by molar-refractivity contribution is 0.108. The number of halogens is 2. The molecular formula is C12H12Cl2N4O4S. The summed E-state index contributed by atoms with van der Waals surface area (Å²) in [6, 6.07) is 2.46. The number of rotatable bonds is 6.